The Bertz CT molecular complexity index is 379. The maximum Gasteiger partial charge on any atom is 0.00476 e. The van der Waals surface area contributed by atoms with E-state index in [1.807, 2.05) is 0 Å². The van der Waals surface area contributed by atoms with Crippen LogP contribution in [0.3, 0.4) is 0 Å². The molecule has 1 fully saturated rings. The van der Waals surface area contributed by atoms with Gasteiger partial charge in [-0.1, -0.05) is 58.4 Å². The van der Waals surface area contributed by atoms with Gasteiger partial charge in [0.15, 0.2) is 0 Å². The van der Waals surface area contributed by atoms with E-state index in [1.165, 1.54) is 50.0 Å². The van der Waals surface area contributed by atoms with Crippen molar-refractivity contribution < 1.29 is 0 Å². The van der Waals surface area contributed by atoms with Crippen LogP contribution in [0.5, 0.6) is 0 Å². The fraction of sp³-hybridized carbons (Fsp3) is 0.667. The van der Waals surface area contributed by atoms with Gasteiger partial charge in [-0.15, -0.1) is 0 Å². The molecule has 0 bridgehead atoms. The number of hydrogen-bond acceptors (Lipinski definition) is 1. The Labute approximate surface area is 119 Å². The molecule has 19 heavy (non-hydrogen) atoms. The third-order valence-electron chi connectivity index (χ3n) is 4.33. The van der Waals surface area contributed by atoms with Crippen LogP contribution in [-0.4, -0.2) is 24.5 Å². The number of rotatable bonds is 3. The maximum atomic E-state index is 2.63. The van der Waals surface area contributed by atoms with E-state index in [2.05, 4.69) is 56.9 Å². The molecule has 0 aromatic heterocycles. The summed E-state index contributed by atoms with van der Waals surface area (Å²) in [5, 5.41) is 0. The van der Waals surface area contributed by atoms with Gasteiger partial charge in [-0.2, -0.15) is 0 Å². The Balaban J connectivity index is 1.97. The van der Waals surface area contributed by atoms with Gasteiger partial charge in [0.05, 0.1) is 0 Å². The summed E-state index contributed by atoms with van der Waals surface area (Å²) in [6.45, 7) is 13.0. The summed E-state index contributed by atoms with van der Waals surface area (Å²) < 4.78 is 0. The lowest BCUT2D eigenvalue weighted by Crippen LogP contribution is -2.32. The first-order valence-electron chi connectivity index (χ1n) is 7.79. The van der Waals surface area contributed by atoms with Crippen molar-refractivity contribution in [2.75, 3.05) is 19.6 Å². The maximum absolute atomic E-state index is 2.63. The number of benzene rings is 1. The van der Waals surface area contributed by atoms with Crippen LogP contribution in [0.25, 0.3) is 0 Å². The molecule has 1 aliphatic heterocycles. The lowest BCUT2D eigenvalue weighted by atomic mass is 9.85. The summed E-state index contributed by atoms with van der Waals surface area (Å²) in [6.07, 6.45) is 4.19. The van der Waals surface area contributed by atoms with Gasteiger partial charge in [0, 0.05) is 6.54 Å². The fourth-order valence-electron chi connectivity index (χ4n) is 2.95. The number of hydrogen-bond donors (Lipinski definition) is 0. The molecular formula is C18H29N. The van der Waals surface area contributed by atoms with Gasteiger partial charge in [-0.05, 0) is 48.4 Å². The number of likely N-dealkylation sites (tertiary alicyclic amines) is 1. The van der Waals surface area contributed by atoms with Crippen LogP contribution in [0.15, 0.2) is 24.3 Å². The molecule has 1 aromatic rings. The van der Waals surface area contributed by atoms with E-state index in [-0.39, 0.29) is 5.41 Å². The van der Waals surface area contributed by atoms with E-state index in [0.29, 0.717) is 5.92 Å². The molecule has 1 heteroatoms. The van der Waals surface area contributed by atoms with E-state index in [4.69, 9.17) is 0 Å². The van der Waals surface area contributed by atoms with E-state index >= 15 is 0 Å². The van der Waals surface area contributed by atoms with Gasteiger partial charge >= 0.3 is 0 Å². The second-order valence-corrected chi connectivity index (χ2v) is 7.13. The van der Waals surface area contributed by atoms with Crippen LogP contribution in [0.1, 0.15) is 64.0 Å². The Morgan fingerprint density at radius 1 is 1.00 bits per heavy atom. The lowest BCUT2D eigenvalue weighted by Gasteiger charge is -2.29. The molecule has 1 heterocycles. The number of nitrogens with zero attached hydrogens (tertiary/aromatic N) is 1. The van der Waals surface area contributed by atoms with Crippen molar-refractivity contribution in [3.8, 4) is 0 Å². The quantitative estimate of drug-likeness (QED) is 0.768. The van der Waals surface area contributed by atoms with E-state index in [0.717, 1.165) is 0 Å². The Morgan fingerprint density at radius 3 is 2.11 bits per heavy atom. The summed E-state index contributed by atoms with van der Waals surface area (Å²) in [6, 6.07) is 9.27. The van der Waals surface area contributed by atoms with Gasteiger partial charge in [0.1, 0.15) is 0 Å². The van der Waals surface area contributed by atoms with Gasteiger partial charge in [-0.3, -0.25) is 0 Å². The van der Waals surface area contributed by atoms with Crippen LogP contribution in [0, 0.1) is 0 Å². The van der Waals surface area contributed by atoms with Crippen molar-refractivity contribution in [3.05, 3.63) is 35.4 Å². The molecule has 0 spiro atoms. The topological polar surface area (TPSA) is 3.24 Å². The zero-order chi connectivity index (χ0) is 13.9. The molecule has 0 N–H and O–H groups in total. The summed E-state index contributed by atoms with van der Waals surface area (Å²) in [4.78, 5) is 2.63. The Morgan fingerprint density at radius 2 is 1.58 bits per heavy atom. The second-order valence-electron chi connectivity index (χ2n) is 7.13. The third kappa shape index (κ3) is 4.07. The van der Waals surface area contributed by atoms with E-state index < -0.39 is 0 Å². The second kappa shape index (κ2) is 6.09. The smallest absolute Gasteiger partial charge is 0.00476 e. The van der Waals surface area contributed by atoms with Gasteiger partial charge in [0.25, 0.3) is 0 Å². The molecule has 0 aliphatic carbocycles. The highest BCUT2D eigenvalue weighted by Gasteiger charge is 2.16. The molecule has 0 amide bonds. The molecule has 1 saturated heterocycles. The predicted octanol–water partition coefficient (Wildman–Crippen LogP) is 4.57. The van der Waals surface area contributed by atoms with Crippen LogP contribution in [0.2, 0.25) is 0 Å². The molecule has 106 valence electrons. The molecule has 2 rings (SSSR count). The minimum atomic E-state index is 0.259. The fourth-order valence-corrected chi connectivity index (χ4v) is 2.95. The Hall–Kier alpha value is -0.820. The molecular weight excluding hydrogens is 230 g/mol. The number of piperidine rings is 1. The third-order valence-corrected chi connectivity index (χ3v) is 4.33. The van der Waals surface area contributed by atoms with Gasteiger partial charge in [-0.25, -0.2) is 0 Å². The average Bonchev–Trinajstić information content (AvgIpc) is 2.39. The van der Waals surface area contributed by atoms with Crippen LogP contribution in [0.4, 0.5) is 0 Å². The van der Waals surface area contributed by atoms with Crippen LogP contribution >= 0.6 is 0 Å². The summed E-state index contributed by atoms with van der Waals surface area (Å²) >= 11 is 0. The highest BCUT2D eigenvalue weighted by Crippen LogP contribution is 2.25. The van der Waals surface area contributed by atoms with Crippen molar-refractivity contribution in [1.82, 2.24) is 4.90 Å². The summed E-state index contributed by atoms with van der Waals surface area (Å²) in [7, 11) is 0. The minimum absolute atomic E-state index is 0.259. The van der Waals surface area contributed by atoms with Crippen molar-refractivity contribution in [2.24, 2.45) is 0 Å². The van der Waals surface area contributed by atoms with E-state index in [9.17, 15) is 0 Å². The Kier molecular flexibility index (Phi) is 4.67. The van der Waals surface area contributed by atoms with Crippen molar-refractivity contribution >= 4 is 0 Å². The largest absolute Gasteiger partial charge is 0.303 e. The summed E-state index contributed by atoms with van der Waals surface area (Å²) in [5.41, 5.74) is 3.18. The van der Waals surface area contributed by atoms with Crippen molar-refractivity contribution in [3.63, 3.8) is 0 Å². The SMILES string of the molecule is CC(CN1CCCCC1)c1ccc(C(C)(C)C)cc1. The molecule has 1 aromatic carbocycles. The van der Waals surface area contributed by atoms with Crippen LogP contribution < -0.4 is 0 Å². The zero-order valence-electron chi connectivity index (χ0n) is 13.1. The van der Waals surface area contributed by atoms with Crippen molar-refractivity contribution in [2.45, 2.75) is 58.3 Å². The molecule has 1 atom stereocenters. The van der Waals surface area contributed by atoms with Gasteiger partial charge in [0.2, 0.25) is 0 Å². The highest BCUT2D eigenvalue weighted by molar-refractivity contribution is 5.29. The molecule has 1 unspecified atom stereocenters. The monoisotopic (exact) mass is 259 g/mol. The highest BCUT2D eigenvalue weighted by atomic mass is 15.1. The first kappa shape index (κ1) is 14.6. The lowest BCUT2D eigenvalue weighted by molar-refractivity contribution is 0.219. The van der Waals surface area contributed by atoms with E-state index in [1.54, 1.807) is 0 Å². The first-order chi connectivity index (χ1) is 8.97. The molecule has 1 nitrogen and oxygen atoms in total. The normalized spacial score (nSPS) is 19.4. The molecule has 0 saturated carbocycles. The first-order valence-corrected chi connectivity index (χ1v) is 7.79. The van der Waals surface area contributed by atoms with Gasteiger partial charge < -0.3 is 4.90 Å². The zero-order valence-corrected chi connectivity index (χ0v) is 13.1. The average molecular weight is 259 g/mol. The predicted molar refractivity (Wildman–Crippen MR) is 83.8 cm³/mol. The summed E-state index contributed by atoms with van der Waals surface area (Å²) in [5.74, 6) is 0.645. The minimum Gasteiger partial charge on any atom is -0.303 e. The standard InChI is InChI=1S/C18H29N/c1-15(14-19-12-6-5-7-13-19)16-8-10-17(11-9-16)18(2,3)4/h8-11,15H,5-7,12-14H2,1-4H3. The molecule has 1 aliphatic rings. The van der Waals surface area contributed by atoms with Crippen molar-refractivity contribution in [1.29, 1.82) is 0 Å². The van der Waals surface area contributed by atoms with Crippen LogP contribution in [-0.2, 0) is 5.41 Å². The molecule has 0 radical (unpaired) electrons.